The Morgan fingerprint density at radius 1 is 0.862 bits per heavy atom. The molecule has 0 atom stereocenters. The number of carbonyl (C=O) groups excluding carboxylic acids is 1. The van der Waals surface area contributed by atoms with Gasteiger partial charge in [-0.1, -0.05) is 59.1 Å². The van der Waals surface area contributed by atoms with Crippen LogP contribution in [0.5, 0.6) is 0 Å². The van der Waals surface area contributed by atoms with Gasteiger partial charge in [-0.15, -0.1) is 0 Å². The monoisotopic (exact) mass is 441 g/mol. The lowest BCUT2D eigenvalue weighted by molar-refractivity contribution is 0.0993. The zero-order valence-corrected chi connectivity index (χ0v) is 17.3. The third kappa shape index (κ3) is 4.54. The molecule has 0 N–H and O–H groups in total. The molecule has 0 unspecified atom stereocenters. The molecule has 29 heavy (non-hydrogen) atoms. The summed E-state index contributed by atoms with van der Waals surface area (Å²) >= 11 is 18.1. The van der Waals surface area contributed by atoms with Gasteiger partial charge in [0.05, 0.1) is 5.02 Å². The molecule has 0 aliphatic carbocycles. The van der Waals surface area contributed by atoms with Gasteiger partial charge in [0.15, 0.2) is 5.78 Å². The molecule has 0 amide bonds. The Morgan fingerprint density at radius 2 is 1.62 bits per heavy atom. The van der Waals surface area contributed by atoms with Crippen molar-refractivity contribution in [2.24, 2.45) is 0 Å². The highest BCUT2D eigenvalue weighted by molar-refractivity contribution is 6.36. The van der Waals surface area contributed by atoms with E-state index in [1.54, 1.807) is 24.5 Å². The lowest BCUT2D eigenvalue weighted by Crippen LogP contribution is -2.04. The van der Waals surface area contributed by atoms with Crippen LogP contribution in [0.4, 0.5) is 0 Å². The average Bonchev–Trinajstić information content (AvgIpc) is 3.19. The lowest BCUT2D eigenvalue weighted by atomic mass is 10.0. The van der Waals surface area contributed by atoms with Crippen LogP contribution in [0.1, 0.15) is 15.9 Å². The standard InChI is InChI=1S/C23H14Cl3NO2/c24-17-3-1-2-16(11-17)21-13-29-23(27-21)15-6-4-14(5-7-15)10-22(28)19-9-8-18(25)12-20(19)26/h1-9,11-13H,10H2. The number of oxazole rings is 1. The summed E-state index contributed by atoms with van der Waals surface area (Å²) in [6, 6.07) is 19.8. The van der Waals surface area contributed by atoms with Gasteiger partial charge in [-0.25, -0.2) is 4.98 Å². The van der Waals surface area contributed by atoms with Crippen LogP contribution in [-0.2, 0) is 6.42 Å². The van der Waals surface area contributed by atoms with E-state index in [2.05, 4.69) is 4.98 Å². The van der Waals surface area contributed by atoms with E-state index in [0.29, 0.717) is 32.2 Å². The maximum atomic E-state index is 12.5. The van der Waals surface area contributed by atoms with Crippen LogP contribution < -0.4 is 0 Å². The summed E-state index contributed by atoms with van der Waals surface area (Å²) in [6.45, 7) is 0. The highest BCUT2D eigenvalue weighted by atomic mass is 35.5. The van der Waals surface area contributed by atoms with Gasteiger partial charge in [-0.05, 0) is 48.0 Å². The Bertz CT molecular complexity index is 1180. The number of rotatable bonds is 5. The van der Waals surface area contributed by atoms with E-state index in [-0.39, 0.29) is 12.2 Å². The van der Waals surface area contributed by atoms with E-state index in [9.17, 15) is 4.79 Å². The van der Waals surface area contributed by atoms with Gasteiger partial charge in [-0.3, -0.25) is 4.79 Å². The van der Waals surface area contributed by atoms with Crippen molar-refractivity contribution in [1.82, 2.24) is 4.98 Å². The Morgan fingerprint density at radius 3 is 2.34 bits per heavy atom. The molecule has 0 spiro atoms. The van der Waals surface area contributed by atoms with E-state index in [1.165, 1.54) is 0 Å². The summed E-state index contributed by atoms with van der Waals surface area (Å²) in [5.74, 6) is 0.428. The van der Waals surface area contributed by atoms with Crippen LogP contribution in [0.3, 0.4) is 0 Å². The van der Waals surface area contributed by atoms with Crippen molar-refractivity contribution in [2.75, 3.05) is 0 Å². The van der Waals surface area contributed by atoms with Gasteiger partial charge in [0.1, 0.15) is 12.0 Å². The molecule has 144 valence electrons. The maximum Gasteiger partial charge on any atom is 0.226 e. The van der Waals surface area contributed by atoms with Gasteiger partial charge >= 0.3 is 0 Å². The number of Topliss-reactive ketones (excluding diaryl/α,β-unsaturated/α-hetero) is 1. The Labute approximate surface area is 182 Å². The summed E-state index contributed by atoms with van der Waals surface area (Å²) in [5.41, 5.74) is 3.73. The van der Waals surface area contributed by atoms with Gasteiger partial charge in [0.25, 0.3) is 0 Å². The molecule has 0 radical (unpaired) electrons. The molecular weight excluding hydrogens is 429 g/mol. The molecule has 0 bridgehead atoms. The highest BCUT2D eigenvalue weighted by Crippen LogP contribution is 2.27. The molecule has 0 saturated carbocycles. The second-order valence-corrected chi connectivity index (χ2v) is 7.75. The van der Waals surface area contributed by atoms with Crippen molar-refractivity contribution in [2.45, 2.75) is 6.42 Å². The Kier molecular flexibility index (Phi) is 5.72. The first-order chi connectivity index (χ1) is 14.0. The second-order valence-electron chi connectivity index (χ2n) is 6.47. The van der Waals surface area contributed by atoms with E-state index < -0.39 is 0 Å². The quantitative estimate of drug-likeness (QED) is 0.302. The predicted molar refractivity (Wildman–Crippen MR) is 117 cm³/mol. The van der Waals surface area contributed by atoms with Crippen LogP contribution in [0, 0.1) is 0 Å². The number of hydrogen-bond donors (Lipinski definition) is 0. The van der Waals surface area contributed by atoms with Crippen molar-refractivity contribution in [3.05, 3.63) is 99.2 Å². The number of nitrogens with zero attached hydrogens (tertiary/aromatic N) is 1. The summed E-state index contributed by atoms with van der Waals surface area (Å²) in [4.78, 5) is 17.0. The Balaban J connectivity index is 1.50. The molecule has 1 aromatic heterocycles. The second kappa shape index (κ2) is 8.42. The highest BCUT2D eigenvalue weighted by Gasteiger charge is 2.13. The number of aromatic nitrogens is 1. The maximum absolute atomic E-state index is 12.5. The van der Waals surface area contributed by atoms with E-state index in [0.717, 1.165) is 16.7 Å². The fraction of sp³-hybridized carbons (Fsp3) is 0.0435. The first kappa shape index (κ1) is 19.7. The molecule has 0 aliphatic heterocycles. The van der Waals surface area contributed by atoms with Crippen LogP contribution in [-0.4, -0.2) is 10.8 Å². The van der Waals surface area contributed by atoms with Gasteiger partial charge in [0, 0.05) is 33.2 Å². The van der Waals surface area contributed by atoms with E-state index in [4.69, 9.17) is 39.2 Å². The smallest absolute Gasteiger partial charge is 0.226 e. The number of halogens is 3. The minimum atomic E-state index is -0.0706. The topological polar surface area (TPSA) is 43.1 Å². The molecule has 0 saturated heterocycles. The third-order valence-corrected chi connectivity index (χ3v) is 5.20. The Hall–Kier alpha value is -2.59. The average molecular weight is 443 g/mol. The summed E-state index contributed by atoms with van der Waals surface area (Å²) in [5, 5.41) is 1.49. The molecule has 3 nitrogen and oxygen atoms in total. The molecule has 0 fully saturated rings. The summed E-state index contributed by atoms with van der Waals surface area (Å²) in [6.07, 6.45) is 1.84. The molecule has 6 heteroatoms. The lowest BCUT2D eigenvalue weighted by Gasteiger charge is -2.05. The molecular formula is C23H14Cl3NO2. The van der Waals surface area contributed by atoms with Crippen LogP contribution >= 0.6 is 34.8 Å². The molecule has 4 aromatic rings. The largest absolute Gasteiger partial charge is 0.444 e. The van der Waals surface area contributed by atoms with E-state index >= 15 is 0 Å². The van der Waals surface area contributed by atoms with Crippen molar-refractivity contribution in [1.29, 1.82) is 0 Å². The normalized spacial score (nSPS) is 10.9. The van der Waals surface area contributed by atoms with Gasteiger partial charge in [-0.2, -0.15) is 0 Å². The molecule has 4 rings (SSSR count). The first-order valence-electron chi connectivity index (χ1n) is 8.78. The molecule has 3 aromatic carbocycles. The fourth-order valence-corrected chi connectivity index (χ4v) is 3.65. The van der Waals surface area contributed by atoms with Gasteiger partial charge < -0.3 is 4.42 Å². The molecule has 1 heterocycles. The number of benzene rings is 3. The number of hydrogen-bond acceptors (Lipinski definition) is 3. The first-order valence-corrected chi connectivity index (χ1v) is 9.92. The van der Waals surface area contributed by atoms with Crippen LogP contribution in [0.2, 0.25) is 15.1 Å². The SMILES string of the molecule is O=C(Cc1ccc(-c2nc(-c3cccc(Cl)c3)co2)cc1)c1ccc(Cl)cc1Cl. The fourth-order valence-electron chi connectivity index (χ4n) is 2.95. The van der Waals surface area contributed by atoms with Crippen molar-refractivity contribution >= 4 is 40.6 Å². The minimum absolute atomic E-state index is 0.0706. The van der Waals surface area contributed by atoms with E-state index in [1.807, 2.05) is 48.5 Å². The van der Waals surface area contributed by atoms with Gasteiger partial charge in [0.2, 0.25) is 5.89 Å². The zero-order valence-electron chi connectivity index (χ0n) is 15.0. The summed E-state index contributed by atoms with van der Waals surface area (Å²) < 4.78 is 5.61. The van der Waals surface area contributed by atoms with Crippen molar-refractivity contribution in [3.63, 3.8) is 0 Å². The third-order valence-electron chi connectivity index (χ3n) is 4.42. The van der Waals surface area contributed by atoms with Crippen molar-refractivity contribution in [3.8, 4) is 22.7 Å². The van der Waals surface area contributed by atoms with Crippen molar-refractivity contribution < 1.29 is 9.21 Å². The summed E-state index contributed by atoms with van der Waals surface area (Å²) in [7, 11) is 0. The van der Waals surface area contributed by atoms with Crippen LogP contribution in [0.15, 0.2) is 77.4 Å². The number of carbonyl (C=O) groups is 1. The predicted octanol–water partition coefficient (Wildman–Crippen LogP) is 7.39. The number of ketones is 1. The molecule has 0 aliphatic rings. The zero-order chi connectivity index (χ0) is 20.4. The minimum Gasteiger partial charge on any atom is -0.444 e. The van der Waals surface area contributed by atoms with Crippen LogP contribution in [0.25, 0.3) is 22.7 Å².